The molecule has 0 saturated heterocycles. The zero-order chi connectivity index (χ0) is 11.6. The zero-order valence-electron chi connectivity index (χ0n) is 6.99. The third-order valence-corrected chi connectivity index (χ3v) is 2.37. The maximum absolute atomic E-state index is 12.4. The van der Waals surface area contributed by atoms with Crippen molar-refractivity contribution in [3.8, 4) is 5.88 Å². The van der Waals surface area contributed by atoms with Crippen molar-refractivity contribution >= 4 is 22.6 Å². The first-order valence-electron chi connectivity index (χ1n) is 3.57. The van der Waals surface area contributed by atoms with E-state index in [0.717, 1.165) is 6.07 Å². The molecule has 15 heavy (non-hydrogen) atoms. The molecule has 84 valence electrons. The van der Waals surface area contributed by atoms with Gasteiger partial charge in [-0.25, -0.2) is 4.39 Å². The zero-order valence-corrected chi connectivity index (χ0v) is 9.15. The summed E-state index contributed by atoms with van der Waals surface area (Å²) in [4.78, 5) is 12.6. The molecule has 0 bridgehead atoms. The normalized spacial score (nSPS) is 11.5. The van der Waals surface area contributed by atoms with Crippen LogP contribution in [0.5, 0.6) is 5.88 Å². The second-order valence-corrected chi connectivity index (χ2v) is 3.63. The van der Waals surface area contributed by atoms with Crippen LogP contribution in [-0.2, 0) is 6.67 Å². The van der Waals surface area contributed by atoms with E-state index < -0.39 is 24.5 Å². The van der Waals surface area contributed by atoms with E-state index in [1.54, 1.807) is 27.6 Å². The molecule has 1 aromatic heterocycles. The highest BCUT2D eigenvalue weighted by molar-refractivity contribution is 14.1. The molecule has 0 unspecified atom stereocenters. The van der Waals surface area contributed by atoms with Crippen LogP contribution >= 0.6 is 22.6 Å². The van der Waals surface area contributed by atoms with Gasteiger partial charge in [-0.1, -0.05) is 0 Å². The quantitative estimate of drug-likeness (QED) is 0.665. The summed E-state index contributed by atoms with van der Waals surface area (Å²) in [6.07, 6.45) is -4.96. The van der Waals surface area contributed by atoms with E-state index in [-0.39, 0.29) is 9.13 Å². The summed E-state index contributed by atoms with van der Waals surface area (Å²) in [6.45, 7) is -1.15. The Labute approximate surface area is 94.6 Å². The summed E-state index contributed by atoms with van der Waals surface area (Å²) in [5, 5.41) is 0. The molecule has 0 aromatic carbocycles. The van der Waals surface area contributed by atoms with E-state index in [1.165, 1.54) is 0 Å². The second-order valence-electron chi connectivity index (χ2n) is 2.47. The third-order valence-electron chi connectivity index (χ3n) is 1.41. The van der Waals surface area contributed by atoms with E-state index in [4.69, 9.17) is 0 Å². The number of aromatic amines is 1. The fourth-order valence-corrected chi connectivity index (χ4v) is 1.53. The molecule has 0 aliphatic rings. The molecule has 0 aliphatic heterocycles. The van der Waals surface area contributed by atoms with Crippen LogP contribution in [0.1, 0.15) is 5.56 Å². The number of nitrogens with one attached hydrogen (secondary N) is 1. The summed E-state index contributed by atoms with van der Waals surface area (Å²) in [5.74, 6) is -0.901. The van der Waals surface area contributed by atoms with Gasteiger partial charge < -0.3 is 4.74 Å². The average molecular weight is 337 g/mol. The fourth-order valence-electron chi connectivity index (χ4n) is 0.861. The van der Waals surface area contributed by atoms with Crippen LogP contribution in [0.25, 0.3) is 0 Å². The van der Waals surface area contributed by atoms with Crippen LogP contribution in [0, 0.1) is 3.57 Å². The van der Waals surface area contributed by atoms with Crippen LogP contribution < -0.4 is 10.3 Å². The number of ether oxygens (including phenoxy) is 1. The molecule has 0 aliphatic carbocycles. The van der Waals surface area contributed by atoms with Gasteiger partial charge in [0.05, 0.1) is 5.56 Å². The van der Waals surface area contributed by atoms with Gasteiger partial charge in [-0.3, -0.25) is 9.78 Å². The van der Waals surface area contributed by atoms with Crippen LogP contribution in [0.2, 0.25) is 0 Å². The highest BCUT2D eigenvalue weighted by Crippen LogP contribution is 2.26. The third kappa shape index (κ3) is 3.36. The lowest BCUT2D eigenvalue weighted by molar-refractivity contribution is -0.276. The molecule has 8 heteroatoms. The molecule has 1 aromatic rings. The number of hydrogen-bond acceptors (Lipinski definition) is 2. The summed E-state index contributed by atoms with van der Waals surface area (Å²) in [7, 11) is 0. The highest BCUT2D eigenvalue weighted by Gasteiger charge is 2.33. The summed E-state index contributed by atoms with van der Waals surface area (Å²) < 4.78 is 51.5. The van der Waals surface area contributed by atoms with Gasteiger partial charge in [0.15, 0.2) is 0 Å². The first-order valence-corrected chi connectivity index (χ1v) is 4.65. The average Bonchev–Trinajstić information content (AvgIpc) is 1.99. The molecule has 0 atom stereocenters. The molecule has 0 amide bonds. The summed E-state index contributed by atoms with van der Waals surface area (Å²) in [5.41, 5.74) is -1.11. The number of aromatic nitrogens is 1. The van der Waals surface area contributed by atoms with Crippen LogP contribution in [0.15, 0.2) is 10.9 Å². The van der Waals surface area contributed by atoms with Crippen molar-refractivity contribution in [2.75, 3.05) is 0 Å². The van der Waals surface area contributed by atoms with Crippen molar-refractivity contribution in [3.63, 3.8) is 0 Å². The van der Waals surface area contributed by atoms with E-state index >= 15 is 0 Å². The van der Waals surface area contributed by atoms with Gasteiger partial charge in [-0.15, -0.1) is 13.2 Å². The van der Waals surface area contributed by atoms with Gasteiger partial charge in [0.1, 0.15) is 6.67 Å². The van der Waals surface area contributed by atoms with E-state index in [1.807, 2.05) is 0 Å². The van der Waals surface area contributed by atoms with E-state index in [2.05, 4.69) is 4.74 Å². The lowest BCUT2D eigenvalue weighted by Crippen LogP contribution is -2.21. The highest BCUT2D eigenvalue weighted by atomic mass is 127. The summed E-state index contributed by atoms with van der Waals surface area (Å²) in [6, 6.07) is 0.985. The molecule has 1 heterocycles. The maximum Gasteiger partial charge on any atom is 0.574 e. The molecule has 3 nitrogen and oxygen atoms in total. The standard InChI is InChI=1S/C7H4F4INO2/c8-2-3-4(12)1-5(14)13-6(3)15-7(9,10)11/h1H,2H2,(H,13,14). The molecule has 0 spiro atoms. The summed E-state index contributed by atoms with van der Waals surface area (Å²) >= 11 is 1.56. The van der Waals surface area contributed by atoms with Gasteiger partial charge in [-0.05, 0) is 22.6 Å². The van der Waals surface area contributed by atoms with E-state index in [9.17, 15) is 22.4 Å². The minimum absolute atomic E-state index is 0.0816. The molecular weight excluding hydrogens is 333 g/mol. The topological polar surface area (TPSA) is 42.1 Å². The first kappa shape index (κ1) is 12.3. The van der Waals surface area contributed by atoms with E-state index in [0.29, 0.717) is 0 Å². The SMILES string of the molecule is O=c1cc(I)c(CF)c(OC(F)(F)F)[nH]1. The van der Waals surface area contributed by atoms with Crippen molar-refractivity contribution in [2.24, 2.45) is 0 Å². The largest absolute Gasteiger partial charge is 0.574 e. The van der Waals surface area contributed by atoms with Crippen molar-refractivity contribution in [3.05, 3.63) is 25.6 Å². The predicted octanol–water partition coefficient (Wildman–Crippen LogP) is 2.35. The van der Waals surface area contributed by atoms with Crippen LogP contribution in [0.4, 0.5) is 17.6 Å². The Bertz CT molecular complexity index is 414. The maximum atomic E-state index is 12.4. The van der Waals surface area contributed by atoms with Gasteiger partial charge in [0, 0.05) is 9.64 Å². The van der Waals surface area contributed by atoms with Crippen molar-refractivity contribution < 1.29 is 22.3 Å². The number of pyridine rings is 1. The monoisotopic (exact) mass is 337 g/mol. The Balaban J connectivity index is 3.21. The van der Waals surface area contributed by atoms with Gasteiger partial charge >= 0.3 is 6.36 Å². The molecule has 1 rings (SSSR count). The van der Waals surface area contributed by atoms with Crippen molar-refractivity contribution in [1.82, 2.24) is 4.98 Å². The molecule has 1 N–H and O–H groups in total. The number of hydrogen-bond donors (Lipinski definition) is 1. The molecule has 0 fully saturated rings. The van der Waals surface area contributed by atoms with Gasteiger partial charge in [0.2, 0.25) is 5.88 Å². The van der Waals surface area contributed by atoms with Crippen LogP contribution in [-0.4, -0.2) is 11.3 Å². The molecule has 0 saturated carbocycles. The Morgan fingerprint density at radius 2 is 2.07 bits per heavy atom. The van der Waals surface area contributed by atoms with Gasteiger partial charge in [0.25, 0.3) is 5.56 Å². The number of halogens is 5. The Morgan fingerprint density at radius 1 is 1.47 bits per heavy atom. The lowest BCUT2D eigenvalue weighted by atomic mass is 10.3. The Hall–Kier alpha value is -0.800. The first-order chi connectivity index (χ1) is 6.83. The minimum Gasteiger partial charge on any atom is -0.389 e. The number of rotatable bonds is 2. The Morgan fingerprint density at radius 3 is 2.53 bits per heavy atom. The lowest BCUT2D eigenvalue weighted by Gasteiger charge is -2.11. The molecule has 0 radical (unpaired) electrons. The molecular formula is C7H4F4INO2. The Kier molecular flexibility index (Phi) is 3.58. The van der Waals surface area contributed by atoms with Crippen LogP contribution in [0.3, 0.4) is 0 Å². The fraction of sp³-hybridized carbons (Fsp3) is 0.286. The second kappa shape index (κ2) is 4.37. The smallest absolute Gasteiger partial charge is 0.389 e. The predicted molar refractivity (Wildman–Crippen MR) is 51.3 cm³/mol. The number of H-pyrrole nitrogens is 1. The minimum atomic E-state index is -4.96. The van der Waals surface area contributed by atoms with Gasteiger partial charge in [-0.2, -0.15) is 0 Å². The van der Waals surface area contributed by atoms with Crippen molar-refractivity contribution in [1.29, 1.82) is 0 Å². The van der Waals surface area contributed by atoms with Crippen molar-refractivity contribution in [2.45, 2.75) is 13.0 Å². The number of alkyl halides is 4.